The molecule has 14 heavy (non-hydrogen) atoms. The summed E-state index contributed by atoms with van der Waals surface area (Å²) in [4.78, 5) is 0. The molecule has 78 valence electrons. The second-order valence-corrected chi connectivity index (χ2v) is 4.27. The topological polar surface area (TPSA) is 48.4 Å². The fourth-order valence-corrected chi connectivity index (χ4v) is 1.95. The van der Waals surface area contributed by atoms with Crippen molar-refractivity contribution in [3.8, 4) is 0 Å². The highest BCUT2D eigenvalue weighted by atomic mass is 16.5. The number of hydrogen-bond acceptors (Lipinski definition) is 3. The van der Waals surface area contributed by atoms with Crippen LogP contribution < -0.4 is 5.73 Å². The summed E-state index contributed by atoms with van der Waals surface area (Å²) in [6, 6.07) is 1.97. The lowest BCUT2D eigenvalue weighted by Gasteiger charge is -2.22. The summed E-state index contributed by atoms with van der Waals surface area (Å²) < 4.78 is 11.3. The van der Waals surface area contributed by atoms with Crippen LogP contribution in [0.3, 0.4) is 0 Å². The molecule has 2 heterocycles. The van der Waals surface area contributed by atoms with Crippen LogP contribution in [0.5, 0.6) is 0 Å². The Bertz CT molecular complexity index is 321. The second-order valence-electron chi connectivity index (χ2n) is 4.27. The van der Waals surface area contributed by atoms with Crippen LogP contribution in [0.2, 0.25) is 0 Å². The van der Waals surface area contributed by atoms with Gasteiger partial charge in [0.1, 0.15) is 11.9 Å². The fraction of sp³-hybridized carbons (Fsp3) is 0.636. The molecule has 0 amide bonds. The van der Waals surface area contributed by atoms with Crippen LogP contribution in [0.4, 0.5) is 0 Å². The zero-order chi connectivity index (χ0) is 10.2. The van der Waals surface area contributed by atoms with E-state index in [1.165, 1.54) is 0 Å². The molecule has 0 radical (unpaired) electrons. The minimum atomic E-state index is -0.163. The van der Waals surface area contributed by atoms with Crippen molar-refractivity contribution < 1.29 is 9.15 Å². The van der Waals surface area contributed by atoms with Crippen molar-refractivity contribution in [1.82, 2.24) is 0 Å². The van der Waals surface area contributed by atoms with Crippen molar-refractivity contribution in [3.05, 3.63) is 23.7 Å². The molecule has 2 N–H and O–H groups in total. The predicted octanol–water partition coefficient (Wildman–Crippen LogP) is 2.16. The summed E-state index contributed by atoms with van der Waals surface area (Å²) in [6.07, 6.45) is 3.82. The summed E-state index contributed by atoms with van der Waals surface area (Å²) in [5.41, 5.74) is 6.67. The van der Waals surface area contributed by atoms with Crippen molar-refractivity contribution in [3.63, 3.8) is 0 Å². The standard InChI is InChI=1S/C11H17NO2/c1-8-4-6-13-10(8)9-3-5-11(2,7-12)14-9/h4,6,9H,3,5,7,12H2,1-2H3. The molecule has 0 aromatic carbocycles. The first-order valence-electron chi connectivity index (χ1n) is 5.06. The highest BCUT2D eigenvalue weighted by Crippen LogP contribution is 2.39. The van der Waals surface area contributed by atoms with Gasteiger partial charge in [0.15, 0.2) is 0 Å². The monoisotopic (exact) mass is 195 g/mol. The largest absolute Gasteiger partial charge is 0.466 e. The normalized spacial score (nSPS) is 32.4. The van der Waals surface area contributed by atoms with Gasteiger partial charge in [-0.1, -0.05) is 0 Å². The van der Waals surface area contributed by atoms with Crippen LogP contribution in [0.15, 0.2) is 16.7 Å². The van der Waals surface area contributed by atoms with Gasteiger partial charge in [-0.3, -0.25) is 0 Å². The Morgan fingerprint density at radius 3 is 2.93 bits per heavy atom. The van der Waals surface area contributed by atoms with Crippen LogP contribution in [0.25, 0.3) is 0 Å². The molecule has 2 atom stereocenters. The lowest BCUT2D eigenvalue weighted by molar-refractivity contribution is -0.0315. The quantitative estimate of drug-likeness (QED) is 0.786. The van der Waals surface area contributed by atoms with Crippen LogP contribution in [-0.4, -0.2) is 12.1 Å². The Morgan fingerprint density at radius 1 is 1.64 bits per heavy atom. The highest BCUT2D eigenvalue weighted by Gasteiger charge is 2.37. The zero-order valence-electron chi connectivity index (χ0n) is 8.75. The predicted molar refractivity (Wildman–Crippen MR) is 54.0 cm³/mol. The van der Waals surface area contributed by atoms with E-state index in [1.54, 1.807) is 6.26 Å². The van der Waals surface area contributed by atoms with E-state index in [0.29, 0.717) is 6.54 Å². The Balaban J connectivity index is 2.13. The number of aryl methyl sites for hydroxylation is 1. The van der Waals surface area contributed by atoms with Gasteiger partial charge in [-0.2, -0.15) is 0 Å². The molecule has 1 aliphatic heterocycles. The number of rotatable bonds is 2. The Morgan fingerprint density at radius 2 is 2.43 bits per heavy atom. The summed E-state index contributed by atoms with van der Waals surface area (Å²) in [7, 11) is 0. The number of hydrogen-bond donors (Lipinski definition) is 1. The van der Waals surface area contributed by atoms with Gasteiger partial charge in [0.2, 0.25) is 0 Å². The molecule has 2 rings (SSSR count). The molecule has 3 nitrogen and oxygen atoms in total. The van der Waals surface area contributed by atoms with Crippen LogP contribution in [0.1, 0.15) is 37.2 Å². The first-order valence-corrected chi connectivity index (χ1v) is 5.06. The van der Waals surface area contributed by atoms with Crippen molar-refractivity contribution >= 4 is 0 Å². The highest BCUT2D eigenvalue weighted by molar-refractivity contribution is 5.18. The van der Waals surface area contributed by atoms with Gasteiger partial charge in [0.05, 0.1) is 11.9 Å². The molecular weight excluding hydrogens is 178 g/mol. The van der Waals surface area contributed by atoms with E-state index in [0.717, 1.165) is 24.2 Å². The van der Waals surface area contributed by atoms with Gasteiger partial charge in [-0.15, -0.1) is 0 Å². The van der Waals surface area contributed by atoms with Crippen molar-refractivity contribution in [2.75, 3.05) is 6.54 Å². The summed E-state index contributed by atoms with van der Waals surface area (Å²) in [5.74, 6) is 0.960. The SMILES string of the molecule is Cc1ccoc1C1CCC(C)(CN)O1. The third-order valence-corrected chi connectivity index (χ3v) is 2.99. The maximum Gasteiger partial charge on any atom is 0.135 e. The van der Waals surface area contributed by atoms with Crippen LogP contribution >= 0.6 is 0 Å². The third-order valence-electron chi connectivity index (χ3n) is 2.99. The number of ether oxygens (including phenoxy) is 1. The zero-order valence-corrected chi connectivity index (χ0v) is 8.75. The Labute approximate surface area is 84.2 Å². The average molecular weight is 195 g/mol. The maximum absolute atomic E-state index is 5.90. The summed E-state index contributed by atoms with van der Waals surface area (Å²) in [6.45, 7) is 4.68. The lowest BCUT2D eigenvalue weighted by atomic mass is 10.0. The van der Waals surface area contributed by atoms with Crippen molar-refractivity contribution in [2.24, 2.45) is 5.73 Å². The molecule has 2 unspecified atom stereocenters. The molecular formula is C11H17NO2. The molecule has 0 aliphatic carbocycles. The summed E-state index contributed by atoms with van der Waals surface area (Å²) in [5, 5.41) is 0. The van der Waals surface area contributed by atoms with E-state index in [-0.39, 0.29) is 11.7 Å². The molecule has 1 aromatic heterocycles. The van der Waals surface area contributed by atoms with Gasteiger partial charge >= 0.3 is 0 Å². The van der Waals surface area contributed by atoms with E-state index < -0.39 is 0 Å². The molecule has 0 saturated carbocycles. The van der Waals surface area contributed by atoms with E-state index in [9.17, 15) is 0 Å². The minimum absolute atomic E-state index is 0.0959. The maximum atomic E-state index is 5.90. The molecule has 1 aromatic rings. The third kappa shape index (κ3) is 1.57. The van der Waals surface area contributed by atoms with E-state index >= 15 is 0 Å². The van der Waals surface area contributed by atoms with E-state index in [4.69, 9.17) is 14.9 Å². The summed E-state index contributed by atoms with van der Waals surface area (Å²) >= 11 is 0. The van der Waals surface area contributed by atoms with Crippen LogP contribution in [0, 0.1) is 6.92 Å². The minimum Gasteiger partial charge on any atom is -0.466 e. The first kappa shape index (κ1) is 9.74. The van der Waals surface area contributed by atoms with Crippen molar-refractivity contribution in [2.45, 2.75) is 38.4 Å². The van der Waals surface area contributed by atoms with Gasteiger partial charge in [-0.05, 0) is 38.3 Å². The lowest BCUT2D eigenvalue weighted by Crippen LogP contribution is -2.33. The van der Waals surface area contributed by atoms with E-state index in [1.807, 2.05) is 13.0 Å². The molecule has 3 heteroatoms. The molecule has 0 bridgehead atoms. The number of furan rings is 1. The fourth-order valence-electron chi connectivity index (χ4n) is 1.95. The molecule has 1 fully saturated rings. The Hall–Kier alpha value is -0.800. The van der Waals surface area contributed by atoms with Crippen LogP contribution in [-0.2, 0) is 4.74 Å². The van der Waals surface area contributed by atoms with Gasteiger partial charge in [-0.25, -0.2) is 0 Å². The molecule has 1 aliphatic rings. The smallest absolute Gasteiger partial charge is 0.135 e. The second kappa shape index (κ2) is 3.41. The molecule has 0 spiro atoms. The van der Waals surface area contributed by atoms with E-state index in [2.05, 4.69) is 6.92 Å². The van der Waals surface area contributed by atoms with Gasteiger partial charge < -0.3 is 14.9 Å². The molecule has 1 saturated heterocycles. The average Bonchev–Trinajstić information content (AvgIpc) is 2.73. The van der Waals surface area contributed by atoms with Gasteiger partial charge in [0, 0.05) is 6.54 Å². The Kier molecular flexibility index (Phi) is 2.37. The number of nitrogens with two attached hydrogens (primary N) is 1. The van der Waals surface area contributed by atoms with Crippen molar-refractivity contribution in [1.29, 1.82) is 0 Å². The van der Waals surface area contributed by atoms with Gasteiger partial charge in [0.25, 0.3) is 0 Å². The first-order chi connectivity index (χ1) is 6.64.